The predicted octanol–water partition coefficient (Wildman–Crippen LogP) is 3.16. The average Bonchev–Trinajstić information content (AvgIpc) is 3.31. The molecule has 0 spiro atoms. The first-order chi connectivity index (χ1) is 15.1. The van der Waals surface area contributed by atoms with Crippen LogP contribution in [0.25, 0.3) is 11.4 Å². The van der Waals surface area contributed by atoms with Gasteiger partial charge in [0.15, 0.2) is 5.69 Å². The Morgan fingerprint density at radius 3 is 2.58 bits per heavy atom. The molecule has 0 atom stereocenters. The first-order valence-electron chi connectivity index (χ1n) is 9.70. The lowest BCUT2D eigenvalue weighted by Crippen LogP contribution is -2.22. The molecule has 8 nitrogen and oxygen atoms in total. The summed E-state index contributed by atoms with van der Waals surface area (Å²) in [5.74, 6) is 1.02. The molecule has 0 saturated heterocycles. The summed E-state index contributed by atoms with van der Waals surface area (Å²) in [7, 11) is 1.83. The molecule has 0 N–H and O–H groups in total. The molecule has 0 aliphatic heterocycles. The molecular weight excluding hydrogens is 419 g/mol. The highest BCUT2D eigenvalue weighted by Gasteiger charge is 2.21. The summed E-state index contributed by atoms with van der Waals surface area (Å²) in [4.78, 5) is 13.2. The van der Waals surface area contributed by atoms with Crippen molar-refractivity contribution in [3.05, 3.63) is 76.5 Å². The van der Waals surface area contributed by atoms with Gasteiger partial charge in [0.1, 0.15) is 11.6 Å². The van der Waals surface area contributed by atoms with Crippen molar-refractivity contribution in [1.82, 2.24) is 29.6 Å². The molecule has 0 unspecified atom stereocenters. The number of hydrogen-bond acceptors (Lipinski definition) is 6. The van der Waals surface area contributed by atoms with Gasteiger partial charge in [-0.05, 0) is 60.2 Å². The summed E-state index contributed by atoms with van der Waals surface area (Å²) in [6.45, 7) is 2.34. The highest BCUT2D eigenvalue weighted by Crippen LogP contribution is 2.21. The number of nitrogens with zero attached hydrogens (tertiary/aromatic N) is 6. The van der Waals surface area contributed by atoms with Crippen LogP contribution in [-0.2, 0) is 7.05 Å². The molecular formula is C21H21FN6O2S. The van der Waals surface area contributed by atoms with Crippen LogP contribution in [0.5, 0.6) is 5.75 Å². The highest BCUT2D eigenvalue weighted by atomic mass is 32.2. The molecule has 0 radical (unpaired) electrons. The lowest BCUT2D eigenvalue weighted by Gasteiger charge is -2.07. The molecule has 31 heavy (non-hydrogen) atoms. The zero-order valence-corrected chi connectivity index (χ0v) is 17.9. The molecule has 0 amide bonds. The van der Waals surface area contributed by atoms with Crippen molar-refractivity contribution in [2.75, 3.05) is 12.4 Å². The van der Waals surface area contributed by atoms with Crippen molar-refractivity contribution in [3.8, 4) is 17.1 Å². The molecule has 4 rings (SSSR count). The third-order valence-corrected chi connectivity index (χ3v) is 5.78. The highest BCUT2D eigenvalue weighted by molar-refractivity contribution is 7.99. The van der Waals surface area contributed by atoms with E-state index in [0.29, 0.717) is 29.0 Å². The van der Waals surface area contributed by atoms with Gasteiger partial charge in [-0.25, -0.2) is 9.07 Å². The standard InChI is InChI=1S/C21H21FN6O2S/c1-15-19(20(29)28(26(15)2)17-7-4-3-5-8-17)27-21(23-24-25-27)31-14-6-13-30-18-11-9-16(22)10-12-18/h3-5,7-12H,6,13-14H2,1-2H3. The number of rotatable bonds is 8. The van der Waals surface area contributed by atoms with E-state index in [-0.39, 0.29) is 11.4 Å². The average molecular weight is 441 g/mol. The SMILES string of the molecule is Cc1c(-n2nnnc2SCCCOc2ccc(F)cc2)c(=O)n(-c2ccccc2)n1C. The van der Waals surface area contributed by atoms with Gasteiger partial charge in [0.2, 0.25) is 5.16 Å². The second-order valence-electron chi connectivity index (χ2n) is 6.79. The van der Waals surface area contributed by atoms with Crippen LogP contribution in [0, 0.1) is 12.7 Å². The Kier molecular flexibility index (Phi) is 6.17. The number of thioether (sulfide) groups is 1. The van der Waals surface area contributed by atoms with E-state index in [0.717, 1.165) is 17.8 Å². The molecule has 10 heteroatoms. The number of aromatic nitrogens is 6. The zero-order valence-electron chi connectivity index (χ0n) is 17.1. The number of para-hydroxylation sites is 1. The topological polar surface area (TPSA) is 79.8 Å². The lowest BCUT2D eigenvalue weighted by atomic mass is 10.3. The van der Waals surface area contributed by atoms with Gasteiger partial charge in [0.05, 0.1) is 18.0 Å². The minimum atomic E-state index is -0.294. The third-order valence-electron chi connectivity index (χ3n) is 4.78. The lowest BCUT2D eigenvalue weighted by molar-refractivity contribution is 0.318. The maximum atomic E-state index is 13.2. The van der Waals surface area contributed by atoms with Gasteiger partial charge in [-0.15, -0.1) is 5.10 Å². The van der Waals surface area contributed by atoms with Crippen molar-refractivity contribution in [1.29, 1.82) is 0 Å². The monoisotopic (exact) mass is 440 g/mol. The summed E-state index contributed by atoms with van der Waals surface area (Å²) in [6.07, 6.45) is 0.733. The zero-order chi connectivity index (χ0) is 21.8. The van der Waals surface area contributed by atoms with Gasteiger partial charge >= 0.3 is 0 Å². The summed E-state index contributed by atoms with van der Waals surface area (Å²) in [5.41, 5.74) is 1.74. The fourth-order valence-electron chi connectivity index (χ4n) is 3.15. The van der Waals surface area contributed by atoms with Crippen LogP contribution in [0.15, 0.2) is 64.5 Å². The van der Waals surface area contributed by atoms with Crippen LogP contribution in [0.2, 0.25) is 0 Å². The van der Waals surface area contributed by atoms with Gasteiger partial charge < -0.3 is 4.74 Å². The Bertz CT molecular complexity index is 1220. The Hall–Kier alpha value is -3.40. The third kappa shape index (κ3) is 4.38. The van der Waals surface area contributed by atoms with Crippen molar-refractivity contribution < 1.29 is 9.13 Å². The van der Waals surface area contributed by atoms with Crippen molar-refractivity contribution in [3.63, 3.8) is 0 Å². The summed E-state index contributed by atoms with van der Waals surface area (Å²) in [5, 5.41) is 12.4. The number of halogens is 1. The predicted molar refractivity (Wildman–Crippen MR) is 116 cm³/mol. The van der Waals surface area contributed by atoms with E-state index < -0.39 is 0 Å². The quantitative estimate of drug-likeness (QED) is 0.309. The van der Waals surface area contributed by atoms with E-state index in [4.69, 9.17) is 4.74 Å². The first kappa shape index (κ1) is 20.9. The molecule has 0 saturated carbocycles. The largest absolute Gasteiger partial charge is 0.494 e. The van der Waals surface area contributed by atoms with E-state index in [1.54, 1.807) is 21.5 Å². The molecule has 4 aromatic rings. The van der Waals surface area contributed by atoms with Gasteiger partial charge in [-0.1, -0.05) is 30.0 Å². The minimum Gasteiger partial charge on any atom is -0.494 e. The summed E-state index contributed by atoms with van der Waals surface area (Å²) in [6, 6.07) is 15.3. The molecule has 2 heterocycles. The maximum absolute atomic E-state index is 13.2. The molecule has 0 aliphatic carbocycles. The van der Waals surface area contributed by atoms with Crippen LogP contribution >= 0.6 is 11.8 Å². The molecule has 0 aliphatic rings. The van der Waals surface area contributed by atoms with E-state index in [1.807, 2.05) is 44.3 Å². The Morgan fingerprint density at radius 2 is 1.84 bits per heavy atom. The second kappa shape index (κ2) is 9.17. The van der Waals surface area contributed by atoms with Gasteiger partial charge in [0, 0.05) is 12.8 Å². The maximum Gasteiger partial charge on any atom is 0.297 e. The smallest absolute Gasteiger partial charge is 0.297 e. The van der Waals surface area contributed by atoms with E-state index in [9.17, 15) is 9.18 Å². The van der Waals surface area contributed by atoms with E-state index in [1.165, 1.54) is 28.6 Å². The van der Waals surface area contributed by atoms with Crippen molar-refractivity contribution in [2.24, 2.45) is 7.05 Å². The van der Waals surface area contributed by atoms with Crippen molar-refractivity contribution in [2.45, 2.75) is 18.5 Å². The van der Waals surface area contributed by atoms with Gasteiger partial charge in [0.25, 0.3) is 5.56 Å². The van der Waals surface area contributed by atoms with Crippen LogP contribution in [0.1, 0.15) is 12.1 Å². The number of benzene rings is 2. The summed E-state index contributed by atoms with van der Waals surface area (Å²) < 4.78 is 23.4. The fourth-order valence-corrected chi connectivity index (χ4v) is 3.94. The number of ether oxygens (including phenoxy) is 1. The van der Waals surface area contributed by atoms with Gasteiger partial charge in [-0.3, -0.25) is 9.48 Å². The fraction of sp³-hybridized carbons (Fsp3) is 0.238. The Labute approximate surface area is 182 Å². The van der Waals surface area contributed by atoms with E-state index in [2.05, 4.69) is 15.5 Å². The van der Waals surface area contributed by atoms with Crippen LogP contribution in [-0.4, -0.2) is 41.9 Å². The van der Waals surface area contributed by atoms with Crippen LogP contribution in [0.4, 0.5) is 4.39 Å². The molecule has 2 aromatic heterocycles. The summed E-state index contributed by atoms with van der Waals surface area (Å²) >= 11 is 1.44. The molecule has 0 fully saturated rings. The minimum absolute atomic E-state index is 0.194. The van der Waals surface area contributed by atoms with Crippen LogP contribution < -0.4 is 10.3 Å². The van der Waals surface area contributed by atoms with Crippen molar-refractivity contribution >= 4 is 11.8 Å². The van der Waals surface area contributed by atoms with Crippen LogP contribution in [0.3, 0.4) is 0 Å². The van der Waals surface area contributed by atoms with Gasteiger partial charge in [-0.2, -0.15) is 4.68 Å². The number of hydrogen-bond donors (Lipinski definition) is 0. The second-order valence-corrected chi connectivity index (χ2v) is 7.85. The van der Waals surface area contributed by atoms with E-state index >= 15 is 0 Å². The normalized spacial score (nSPS) is 11.1. The molecule has 160 valence electrons. The number of tetrazole rings is 1. The molecule has 2 aromatic carbocycles. The first-order valence-corrected chi connectivity index (χ1v) is 10.7. The Balaban J connectivity index is 1.46. The Morgan fingerprint density at radius 1 is 1.10 bits per heavy atom. The molecule has 0 bridgehead atoms.